The summed E-state index contributed by atoms with van der Waals surface area (Å²) in [6, 6.07) is 16.7. The van der Waals surface area contributed by atoms with Crippen LogP contribution in [-0.2, 0) is 16.6 Å². The molecule has 0 bridgehead atoms. The van der Waals surface area contributed by atoms with Crippen LogP contribution >= 0.6 is 11.3 Å². The van der Waals surface area contributed by atoms with Crippen molar-refractivity contribution in [1.82, 2.24) is 15.4 Å². The van der Waals surface area contributed by atoms with Crippen molar-refractivity contribution in [1.29, 1.82) is 0 Å². The normalized spacial score (nSPS) is 13.4. The number of thiophene rings is 1. The molecule has 7 nitrogen and oxygen atoms in total. The van der Waals surface area contributed by atoms with Crippen LogP contribution in [0.2, 0.25) is 0 Å². The molecule has 160 valence electrons. The summed E-state index contributed by atoms with van der Waals surface area (Å²) >= 11 is 1.58. The Bertz CT molecular complexity index is 1080. The van der Waals surface area contributed by atoms with Gasteiger partial charge >= 0.3 is 0 Å². The van der Waals surface area contributed by atoms with Crippen molar-refractivity contribution in [3.63, 3.8) is 0 Å². The Balaban J connectivity index is 1.62. The van der Waals surface area contributed by atoms with Crippen molar-refractivity contribution in [2.75, 3.05) is 20.1 Å². The quantitative estimate of drug-likeness (QED) is 0.315. The lowest BCUT2D eigenvalue weighted by atomic mass is 10.2. The largest absolute Gasteiger partial charge is 0.386 e. The zero-order valence-corrected chi connectivity index (χ0v) is 18.6. The summed E-state index contributed by atoms with van der Waals surface area (Å²) in [6.45, 7) is 3.37. The monoisotopic (exact) mass is 446 g/mol. The van der Waals surface area contributed by atoms with Crippen LogP contribution in [0.25, 0.3) is 10.1 Å². The van der Waals surface area contributed by atoms with Crippen molar-refractivity contribution in [2.45, 2.75) is 24.5 Å². The predicted molar refractivity (Wildman–Crippen MR) is 122 cm³/mol. The number of hydrogen-bond donors (Lipinski definition) is 4. The van der Waals surface area contributed by atoms with E-state index < -0.39 is 16.1 Å². The number of guanidine groups is 1. The van der Waals surface area contributed by atoms with Crippen molar-refractivity contribution < 1.29 is 13.5 Å². The first-order valence-corrected chi connectivity index (χ1v) is 11.9. The number of benzene rings is 2. The maximum atomic E-state index is 11.8. The van der Waals surface area contributed by atoms with Gasteiger partial charge in [0.05, 0.1) is 11.4 Å². The molecule has 0 fully saturated rings. The van der Waals surface area contributed by atoms with Crippen molar-refractivity contribution >= 4 is 37.4 Å². The highest BCUT2D eigenvalue weighted by Crippen LogP contribution is 2.29. The molecule has 0 saturated carbocycles. The van der Waals surface area contributed by atoms with Gasteiger partial charge in [0.15, 0.2) is 5.96 Å². The SMILES string of the molecule is CCNC(=NCc1ccc(S(=O)(=O)NC)cc1)NCC(O)c1cc2ccccc2s1. The lowest BCUT2D eigenvalue weighted by Crippen LogP contribution is -2.39. The van der Waals surface area contributed by atoms with Gasteiger partial charge in [-0.1, -0.05) is 30.3 Å². The number of rotatable bonds is 8. The van der Waals surface area contributed by atoms with E-state index in [1.54, 1.807) is 35.6 Å². The molecular weight excluding hydrogens is 420 g/mol. The second-order valence-electron chi connectivity index (χ2n) is 6.63. The average Bonchev–Trinajstić information content (AvgIpc) is 3.20. The van der Waals surface area contributed by atoms with Crippen LogP contribution in [0.3, 0.4) is 0 Å². The molecule has 3 rings (SSSR count). The minimum Gasteiger partial charge on any atom is -0.386 e. The molecule has 0 aliphatic rings. The third kappa shape index (κ3) is 5.57. The highest BCUT2D eigenvalue weighted by molar-refractivity contribution is 7.89. The molecule has 1 atom stereocenters. The van der Waals surface area contributed by atoms with E-state index in [0.29, 0.717) is 25.6 Å². The number of nitrogens with zero attached hydrogens (tertiary/aromatic N) is 1. The van der Waals surface area contributed by atoms with E-state index in [0.717, 1.165) is 20.5 Å². The number of nitrogens with one attached hydrogen (secondary N) is 3. The van der Waals surface area contributed by atoms with E-state index in [1.807, 2.05) is 37.3 Å². The molecule has 0 aliphatic heterocycles. The lowest BCUT2D eigenvalue weighted by molar-refractivity contribution is 0.184. The molecule has 3 aromatic rings. The zero-order chi connectivity index (χ0) is 21.6. The molecular formula is C21H26N4O3S2. The van der Waals surface area contributed by atoms with Gasteiger partial charge in [0.1, 0.15) is 6.10 Å². The average molecular weight is 447 g/mol. The molecule has 0 amide bonds. The highest BCUT2D eigenvalue weighted by Gasteiger charge is 2.13. The van der Waals surface area contributed by atoms with Gasteiger partial charge < -0.3 is 15.7 Å². The van der Waals surface area contributed by atoms with Crippen LogP contribution in [0.15, 0.2) is 64.5 Å². The molecule has 9 heteroatoms. The van der Waals surface area contributed by atoms with Crippen molar-refractivity contribution in [3.8, 4) is 0 Å². The zero-order valence-electron chi connectivity index (χ0n) is 16.9. The number of sulfonamides is 1. The summed E-state index contributed by atoms with van der Waals surface area (Å²) in [6.07, 6.45) is -0.641. The Kier molecular flexibility index (Phi) is 7.43. The highest BCUT2D eigenvalue weighted by atomic mass is 32.2. The third-order valence-electron chi connectivity index (χ3n) is 4.50. The molecule has 4 N–H and O–H groups in total. The molecule has 0 radical (unpaired) electrons. The van der Waals surface area contributed by atoms with Crippen LogP contribution in [0.4, 0.5) is 0 Å². The molecule has 30 heavy (non-hydrogen) atoms. The summed E-state index contributed by atoms with van der Waals surface area (Å²) in [4.78, 5) is 5.65. The summed E-state index contributed by atoms with van der Waals surface area (Å²) in [5.74, 6) is 0.588. The fraction of sp³-hybridized carbons (Fsp3) is 0.286. The molecule has 0 saturated heterocycles. The molecule has 0 spiro atoms. The molecule has 1 aromatic heterocycles. The van der Waals surface area contributed by atoms with Crippen LogP contribution in [0, 0.1) is 0 Å². The van der Waals surface area contributed by atoms with Crippen molar-refractivity contribution in [2.24, 2.45) is 4.99 Å². The maximum Gasteiger partial charge on any atom is 0.240 e. The third-order valence-corrected chi connectivity index (χ3v) is 7.15. The minimum absolute atomic E-state index is 0.217. The first-order chi connectivity index (χ1) is 14.4. The topological polar surface area (TPSA) is 103 Å². The summed E-state index contributed by atoms with van der Waals surface area (Å²) in [5.41, 5.74) is 0.882. The second-order valence-corrected chi connectivity index (χ2v) is 9.63. The molecule has 1 heterocycles. The van der Waals surface area contributed by atoms with E-state index in [1.165, 1.54) is 7.05 Å². The van der Waals surface area contributed by atoms with Crippen LogP contribution in [0.5, 0.6) is 0 Å². The van der Waals surface area contributed by atoms with Gasteiger partial charge in [-0.2, -0.15) is 0 Å². The van der Waals surface area contributed by atoms with Crippen LogP contribution < -0.4 is 15.4 Å². The van der Waals surface area contributed by atoms with Crippen LogP contribution in [-0.4, -0.2) is 39.6 Å². The molecule has 1 unspecified atom stereocenters. The van der Waals surface area contributed by atoms with E-state index >= 15 is 0 Å². The minimum atomic E-state index is -3.45. The van der Waals surface area contributed by atoms with Gasteiger partial charge in [0.25, 0.3) is 0 Å². The molecule has 0 aliphatic carbocycles. The van der Waals surface area contributed by atoms with Gasteiger partial charge in [0, 0.05) is 22.7 Å². The Morgan fingerprint density at radius 3 is 2.53 bits per heavy atom. The van der Waals surface area contributed by atoms with E-state index in [-0.39, 0.29) is 4.90 Å². The van der Waals surface area contributed by atoms with Gasteiger partial charge in [-0.05, 0) is 49.2 Å². The first-order valence-electron chi connectivity index (χ1n) is 9.64. The fourth-order valence-corrected chi connectivity index (χ4v) is 4.65. The van der Waals surface area contributed by atoms with Crippen LogP contribution in [0.1, 0.15) is 23.5 Å². The summed E-state index contributed by atoms with van der Waals surface area (Å²) in [7, 11) is -2.06. The van der Waals surface area contributed by atoms with Gasteiger partial charge in [-0.15, -0.1) is 11.3 Å². The maximum absolute atomic E-state index is 11.8. The molecule has 2 aromatic carbocycles. The Morgan fingerprint density at radius 2 is 1.87 bits per heavy atom. The predicted octanol–water partition coefficient (Wildman–Crippen LogP) is 2.60. The standard InChI is InChI=1S/C21H26N4O3S2/c1-3-23-21(24-13-15-8-10-17(11-9-15)30(27,28)22-2)25-14-18(26)20-12-16-6-4-5-7-19(16)29-20/h4-12,18,22,26H,3,13-14H2,1-2H3,(H2,23,24,25). The van der Waals surface area contributed by atoms with Gasteiger partial charge in [-0.25, -0.2) is 18.1 Å². The Hall–Kier alpha value is -2.46. The Morgan fingerprint density at radius 1 is 1.13 bits per heavy atom. The Labute approximate surface area is 180 Å². The lowest BCUT2D eigenvalue weighted by Gasteiger charge is -2.14. The van der Waals surface area contributed by atoms with E-state index in [9.17, 15) is 13.5 Å². The van der Waals surface area contributed by atoms with E-state index in [2.05, 4.69) is 20.3 Å². The second kappa shape index (κ2) is 10.0. The van der Waals surface area contributed by atoms with E-state index in [4.69, 9.17) is 0 Å². The van der Waals surface area contributed by atoms with Crippen molar-refractivity contribution in [3.05, 3.63) is 65.0 Å². The smallest absolute Gasteiger partial charge is 0.240 e. The number of aliphatic hydroxyl groups excluding tert-OH is 1. The first kappa shape index (κ1) is 22.2. The number of hydrogen-bond acceptors (Lipinski definition) is 5. The fourth-order valence-electron chi connectivity index (χ4n) is 2.86. The summed E-state index contributed by atoms with van der Waals surface area (Å²) < 4.78 is 27.1. The number of aliphatic imine (C=N–C) groups is 1. The van der Waals surface area contributed by atoms with Gasteiger partial charge in [0.2, 0.25) is 10.0 Å². The van der Waals surface area contributed by atoms with Gasteiger partial charge in [-0.3, -0.25) is 0 Å². The number of fused-ring (bicyclic) bond motifs is 1. The summed E-state index contributed by atoms with van der Waals surface area (Å²) in [5, 5.41) is 18.0. The number of aliphatic hydroxyl groups is 1.